The van der Waals surface area contributed by atoms with Crippen LogP contribution in [0.15, 0.2) is 67.1 Å². The van der Waals surface area contributed by atoms with E-state index in [1.165, 1.54) is 6.33 Å². The average Bonchev–Trinajstić information content (AvgIpc) is 2.93. The van der Waals surface area contributed by atoms with E-state index in [2.05, 4.69) is 15.0 Å². The molecule has 11 heteroatoms. The predicted molar refractivity (Wildman–Crippen MR) is 143 cm³/mol. The molecule has 0 atom stereocenters. The fraction of sp³-hybridized carbons (Fsp3) is 0.267. The van der Waals surface area contributed by atoms with E-state index in [0.717, 1.165) is 29.0 Å². The largest absolute Gasteiger partial charge is 0.497 e. The molecule has 0 N–H and O–H groups in total. The Morgan fingerprint density at radius 1 is 1.00 bits per heavy atom. The molecule has 2 aromatic carbocycles. The molecule has 2 aliphatic heterocycles. The summed E-state index contributed by atoms with van der Waals surface area (Å²) in [5.74, 6) is 0.0827. The lowest BCUT2D eigenvalue weighted by molar-refractivity contribution is -0.137. The molecule has 0 aliphatic carbocycles. The molecule has 0 spiro atoms. The lowest BCUT2D eigenvalue weighted by Gasteiger charge is -2.40. The van der Waals surface area contributed by atoms with Crippen LogP contribution in [0.4, 0.5) is 23.4 Å². The highest BCUT2D eigenvalue weighted by atomic mass is 19.4. The number of rotatable bonds is 6. The Hall–Kier alpha value is -4.54. The topological polar surface area (TPSA) is 71.5 Å². The molecule has 0 radical (unpaired) electrons. The number of pyridine rings is 1. The van der Waals surface area contributed by atoms with Gasteiger partial charge in [-0.05, 0) is 59.5 Å². The fourth-order valence-corrected chi connectivity index (χ4v) is 5.33. The molecule has 1 saturated heterocycles. The number of anilines is 1. The van der Waals surface area contributed by atoms with Crippen LogP contribution in [0.5, 0.6) is 5.75 Å². The second-order valence-corrected chi connectivity index (χ2v) is 10.1. The van der Waals surface area contributed by atoms with Crippen molar-refractivity contribution in [3.8, 4) is 17.1 Å². The molecule has 210 valence electrons. The quantitative estimate of drug-likeness (QED) is 0.288. The van der Waals surface area contributed by atoms with Crippen molar-refractivity contribution >= 4 is 11.7 Å². The van der Waals surface area contributed by atoms with E-state index in [4.69, 9.17) is 4.74 Å². The van der Waals surface area contributed by atoms with Gasteiger partial charge in [0.15, 0.2) is 0 Å². The predicted octanol–water partition coefficient (Wildman–Crippen LogP) is 5.51. The van der Waals surface area contributed by atoms with Crippen molar-refractivity contribution in [1.82, 2.24) is 19.9 Å². The average molecular weight is 564 g/mol. The zero-order valence-electron chi connectivity index (χ0n) is 22.0. The summed E-state index contributed by atoms with van der Waals surface area (Å²) in [5, 5.41) is 0. The van der Waals surface area contributed by atoms with Gasteiger partial charge < -0.3 is 14.5 Å². The van der Waals surface area contributed by atoms with Crippen molar-refractivity contribution in [3.63, 3.8) is 0 Å². The third-order valence-electron chi connectivity index (χ3n) is 7.56. The van der Waals surface area contributed by atoms with Gasteiger partial charge in [0.05, 0.1) is 24.1 Å². The molecule has 0 bridgehead atoms. The molecule has 0 saturated carbocycles. The van der Waals surface area contributed by atoms with Gasteiger partial charge in [-0.3, -0.25) is 9.78 Å². The zero-order chi connectivity index (χ0) is 28.7. The Morgan fingerprint density at radius 3 is 2.51 bits per heavy atom. The number of carbonyl (C=O) groups is 1. The van der Waals surface area contributed by atoms with Crippen LogP contribution in [0, 0.1) is 5.82 Å². The van der Waals surface area contributed by atoms with Crippen LogP contribution < -0.4 is 9.64 Å². The van der Waals surface area contributed by atoms with E-state index in [1.807, 2.05) is 29.2 Å². The number of hydrogen-bond acceptors (Lipinski definition) is 6. The van der Waals surface area contributed by atoms with Crippen molar-refractivity contribution in [2.45, 2.75) is 25.1 Å². The van der Waals surface area contributed by atoms with Gasteiger partial charge in [0.1, 0.15) is 23.7 Å². The highest BCUT2D eigenvalue weighted by molar-refractivity contribution is 5.98. The summed E-state index contributed by atoms with van der Waals surface area (Å²) in [6.07, 6.45) is -1.01. The number of carbonyl (C=O) groups excluding carboxylic acids is 1. The van der Waals surface area contributed by atoms with Crippen LogP contribution in [-0.2, 0) is 19.1 Å². The van der Waals surface area contributed by atoms with Crippen LogP contribution in [-0.4, -0.2) is 52.5 Å². The minimum absolute atomic E-state index is 0.0844. The molecular weight excluding hydrogens is 538 g/mol. The van der Waals surface area contributed by atoms with Crippen LogP contribution in [0.2, 0.25) is 0 Å². The smallest absolute Gasteiger partial charge is 0.416 e. The second-order valence-electron chi connectivity index (χ2n) is 10.1. The number of alkyl halides is 3. The fourth-order valence-electron chi connectivity index (χ4n) is 5.33. The summed E-state index contributed by atoms with van der Waals surface area (Å²) in [4.78, 5) is 30.3. The highest BCUT2D eigenvalue weighted by Crippen LogP contribution is 2.37. The van der Waals surface area contributed by atoms with Gasteiger partial charge in [-0.2, -0.15) is 13.2 Å². The molecule has 4 aromatic rings. The first kappa shape index (κ1) is 26.7. The molecule has 4 heterocycles. The lowest BCUT2D eigenvalue weighted by atomic mass is 9.90. The van der Waals surface area contributed by atoms with Crippen molar-refractivity contribution in [3.05, 3.63) is 101 Å². The van der Waals surface area contributed by atoms with Gasteiger partial charge in [-0.15, -0.1) is 0 Å². The Bertz CT molecular complexity index is 1600. The SMILES string of the molecule is COc1ccc(CN2CCc3c(ccnc3-c3cc(N4CC(c5cc(F)cc(C(F)(F)F)c5)C4)ncn3)C2=O)cc1. The van der Waals surface area contributed by atoms with E-state index in [9.17, 15) is 22.4 Å². The molecule has 6 rings (SSSR count). The number of ether oxygens (including phenoxy) is 1. The maximum Gasteiger partial charge on any atom is 0.416 e. The zero-order valence-corrected chi connectivity index (χ0v) is 22.0. The summed E-state index contributed by atoms with van der Waals surface area (Å²) < 4.78 is 58.5. The van der Waals surface area contributed by atoms with E-state index in [1.54, 1.807) is 30.3 Å². The van der Waals surface area contributed by atoms with E-state index in [-0.39, 0.29) is 11.8 Å². The summed E-state index contributed by atoms with van der Waals surface area (Å²) in [5.41, 5.74) is 2.85. The second kappa shape index (κ2) is 10.5. The molecule has 41 heavy (non-hydrogen) atoms. The van der Waals surface area contributed by atoms with E-state index < -0.39 is 17.6 Å². The summed E-state index contributed by atoms with van der Waals surface area (Å²) in [6.45, 7) is 1.77. The van der Waals surface area contributed by atoms with E-state index >= 15 is 0 Å². The number of fused-ring (bicyclic) bond motifs is 1. The Labute approximate surface area is 233 Å². The first-order chi connectivity index (χ1) is 19.7. The molecule has 2 aromatic heterocycles. The summed E-state index contributed by atoms with van der Waals surface area (Å²) in [7, 11) is 1.61. The van der Waals surface area contributed by atoms with Crippen LogP contribution in [0.3, 0.4) is 0 Å². The number of methoxy groups -OCH3 is 1. The summed E-state index contributed by atoms with van der Waals surface area (Å²) in [6, 6.07) is 13.8. The normalized spacial score (nSPS) is 15.5. The maximum absolute atomic E-state index is 13.9. The third kappa shape index (κ3) is 5.31. The maximum atomic E-state index is 13.9. The number of hydrogen-bond donors (Lipinski definition) is 0. The number of aromatic nitrogens is 3. The Kier molecular flexibility index (Phi) is 6.80. The molecule has 0 unspecified atom stereocenters. The highest BCUT2D eigenvalue weighted by Gasteiger charge is 2.35. The van der Waals surface area contributed by atoms with Crippen LogP contribution in [0.1, 0.15) is 38.5 Å². The lowest BCUT2D eigenvalue weighted by Crippen LogP contribution is -2.45. The molecule has 1 amide bonds. The first-order valence-corrected chi connectivity index (χ1v) is 13.0. The first-order valence-electron chi connectivity index (χ1n) is 13.0. The van der Waals surface area contributed by atoms with Gasteiger partial charge in [0, 0.05) is 49.9 Å². The molecule has 1 fully saturated rings. The molecule has 7 nitrogen and oxygen atoms in total. The number of halogens is 4. The van der Waals surface area contributed by atoms with Crippen LogP contribution in [0.25, 0.3) is 11.4 Å². The monoisotopic (exact) mass is 563 g/mol. The minimum atomic E-state index is -4.61. The van der Waals surface area contributed by atoms with Crippen molar-refractivity contribution < 1.29 is 27.1 Å². The van der Waals surface area contributed by atoms with Gasteiger partial charge in [0.25, 0.3) is 5.91 Å². The van der Waals surface area contributed by atoms with Crippen LogP contribution >= 0.6 is 0 Å². The van der Waals surface area contributed by atoms with Gasteiger partial charge in [-0.1, -0.05) is 12.1 Å². The molecular formula is C30H25F4N5O2. The molecule has 2 aliphatic rings. The van der Waals surface area contributed by atoms with Gasteiger partial charge in [-0.25, -0.2) is 14.4 Å². The standard InChI is InChI=1S/C30H25F4N5O2/c1-41-23-4-2-18(3-5-23)14-38-9-7-24-25(29(38)40)6-8-35-28(24)26-13-27(37-17-36-26)39-15-20(16-39)19-10-21(30(32,33)34)12-22(31)11-19/h2-6,8,10-13,17,20H,7,9,14-16H2,1H3. The number of nitrogens with zero attached hydrogens (tertiary/aromatic N) is 5. The van der Waals surface area contributed by atoms with Crippen molar-refractivity contribution in [2.75, 3.05) is 31.6 Å². The van der Waals surface area contributed by atoms with Gasteiger partial charge in [0.2, 0.25) is 0 Å². The number of benzene rings is 2. The minimum Gasteiger partial charge on any atom is -0.497 e. The van der Waals surface area contributed by atoms with Crippen molar-refractivity contribution in [1.29, 1.82) is 0 Å². The Morgan fingerprint density at radius 2 is 1.78 bits per heavy atom. The number of amides is 1. The van der Waals surface area contributed by atoms with Gasteiger partial charge >= 0.3 is 6.18 Å². The van der Waals surface area contributed by atoms with Crippen molar-refractivity contribution in [2.24, 2.45) is 0 Å². The third-order valence-corrected chi connectivity index (χ3v) is 7.56. The van der Waals surface area contributed by atoms with E-state index in [0.29, 0.717) is 67.0 Å². The summed E-state index contributed by atoms with van der Waals surface area (Å²) >= 11 is 0. The Balaban J connectivity index is 1.19.